The molecule has 0 amide bonds. The summed E-state index contributed by atoms with van der Waals surface area (Å²) in [6, 6.07) is 6.03. The van der Waals surface area contributed by atoms with Crippen LogP contribution in [0, 0.1) is 13.7 Å². The molecule has 0 spiro atoms. The summed E-state index contributed by atoms with van der Waals surface area (Å²) in [5.41, 5.74) is 1.31. The highest BCUT2D eigenvalue weighted by atomic mass is 127. The average Bonchev–Trinajstić information content (AvgIpc) is 2.83. The third-order valence-electron chi connectivity index (χ3n) is 3.57. The van der Waals surface area contributed by atoms with Crippen LogP contribution in [0.2, 0.25) is 0 Å². The van der Waals surface area contributed by atoms with E-state index in [4.69, 9.17) is 0 Å². The molecule has 0 atom stereocenters. The summed E-state index contributed by atoms with van der Waals surface area (Å²) in [7, 11) is 0. The number of hydrogen-bond donors (Lipinski definition) is 0. The fraction of sp³-hybridized carbons (Fsp3) is 0.538. The average molecular weight is 360 g/mol. The summed E-state index contributed by atoms with van der Waals surface area (Å²) in [5.74, 6) is 0. The van der Waals surface area contributed by atoms with Crippen molar-refractivity contribution < 1.29 is 4.92 Å². The fourth-order valence-corrected chi connectivity index (χ4v) is 3.39. The molecular weight excluding hydrogens is 343 g/mol. The highest BCUT2D eigenvalue weighted by molar-refractivity contribution is 14.1. The van der Waals surface area contributed by atoms with E-state index in [1.807, 2.05) is 34.7 Å². The predicted molar refractivity (Wildman–Crippen MR) is 81.1 cm³/mol. The van der Waals surface area contributed by atoms with Crippen LogP contribution in [0.1, 0.15) is 32.6 Å². The van der Waals surface area contributed by atoms with E-state index in [2.05, 4.69) is 11.8 Å². The van der Waals surface area contributed by atoms with E-state index < -0.39 is 0 Å². The van der Waals surface area contributed by atoms with Crippen molar-refractivity contribution in [1.82, 2.24) is 0 Å². The summed E-state index contributed by atoms with van der Waals surface area (Å²) in [6.45, 7) is 3.10. The van der Waals surface area contributed by atoms with Gasteiger partial charge in [-0.25, -0.2) is 0 Å². The van der Waals surface area contributed by atoms with Crippen LogP contribution in [0.15, 0.2) is 18.2 Å². The Labute approximate surface area is 121 Å². The van der Waals surface area contributed by atoms with E-state index in [9.17, 15) is 10.1 Å². The Bertz CT molecular complexity index is 445. The van der Waals surface area contributed by atoms with Gasteiger partial charge < -0.3 is 4.90 Å². The van der Waals surface area contributed by atoms with Gasteiger partial charge in [0.15, 0.2) is 0 Å². The topological polar surface area (TPSA) is 46.4 Å². The van der Waals surface area contributed by atoms with Crippen molar-refractivity contribution >= 4 is 34.0 Å². The first-order chi connectivity index (χ1) is 8.63. The Morgan fingerprint density at radius 1 is 1.44 bits per heavy atom. The Morgan fingerprint density at radius 2 is 2.11 bits per heavy atom. The highest BCUT2D eigenvalue weighted by Gasteiger charge is 2.23. The van der Waals surface area contributed by atoms with Crippen LogP contribution in [0.25, 0.3) is 0 Å². The number of benzene rings is 1. The van der Waals surface area contributed by atoms with Gasteiger partial charge in [0.25, 0.3) is 5.69 Å². The summed E-state index contributed by atoms with van der Waals surface area (Å²) < 4.78 is 0.714. The molecule has 0 saturated heterocycles. The van der Waals surface area contributed by atoms with E-state index in [-0.39, 0.29) is 10.6 Å². The summed E-state index contributed by atoms with van der Waals surface area (Å²) >= 11 is 2.05. The van der Waals surface area contributed by atoms with Crippen LogP contribution in [-0.4, -0.2) is 17.5 Å². The smallest absolute Gasteiger partial charge is 0.282 e. The van der Waals surface area contributed by atoms with Gasteiger partial charge in [-0.05, 0) is 54.5 Å². The van der Waals surface area contributed by atoms with Gasteiger partial charge in [-0.15, -0.1) is 0 Å². The Hall–Kier alpha value is -0.850. The molecule has 0 N–H and O–H groups in total. The Kier molecular flexibility index (Phi) is 4.42. The number of anilines is 1. The van der Waals surface area contributed by atoms with Crippen LogP contribution in [0.5, 0.6) is 0 Å². The second-order valence-corrected chi connectivity index (χ2v) is 5.78. The minimum absolute atomic E-state index is 0.196. The van der Waals surface area contributed by atoms with Crippen LogP contribution < -0.4 is 4.90 Å². The van der Waals surface area contributed by atoms with Crippen molar-refractivity contribution in [2.75, 3.05) is 11.4 Å². The monoisotopic (exact) mass is 360 g/mol. The maximum Gasteiger partial charge on any atom is 0.282 e. The Morgan fingerprint density at radius 3 is 2.61 bits per heavy atom. The third kappa shape index (κ3) is 2.76. The summed E-state index contributed by atoms with van der Waals surface area (Å²) in [5, 5.41) is 10.8. The zero-order valence-electron chi connectivity index (χ0n) is 10.4. The molecule has 0 heterocycles. The number of nitro groups is 1. The fourth-order valence-electron chi connectivity index (χ4n) is 2.69. The van der Waals surface area contributed by atoms with E-state index in [1.165, 1.54) is 25.7 Å². The molecule has 0 aliphatic heterocycles. The minimum atomic E-state index is -0.322. The van der Waals surface area contributed by atoms with Gasteiger partial charge in [-0.2, -0.15) is 0 Å². The van der Waals surface area contributed by atoms with Crippen molar-refractivity contribution in [3.05, 3.63) is 31.9 Å². The molecule has 18 heavy (non-hydrogen) atoms. The second kappa shape index (κ2) is 5.86. The molecule has 1 aromatic rings. The van der Waals surface area contributed by atoms with Crippen molar-refractivity contribution in [2.24, 2.45) is 0 Å². The minimum Gasteiger partial charge on any atom is -0.369 e. The van der Waals surface area contributed by atoms with E-state index in [0.29, 0.717) is 9.61 Å². The molecule has 0 bridgehead atoms. The van der Waals surface area contributed by atoms with Crippen molar-refractivity contribution in [3.63, 3.8) is 0 Å². The van der Waals surface area contributed by atoms with E-state index in [0.717, 1.165) is 12.2 Å². The van der Waals surface area contributed by atoms with Gasteiger partial charge in [0.2, 0.25) is 0 Å². The number of nitrogens with zero attached hydrogens (tertiary/aromatic N) is 2. The molecule has 1 aliphatic rings. The van der Waals surface area contributed by atoms with Crippen molar-refractivity contribution in [2.45, 2.75) is 38.6 Å². The van der Waals surface area contributed by atoms with Crippen LogP contribution in [-0.2, 0) is 0 Å². The molecule has 1 aliphatic carbocycles. The zero-order chi connectivity index (χ0) is 13.1. The number of rotatable bonds is 4. The van der Waals surface area contributed by atoms with Crippen LogP contribution in [0.3, 0.4) is 0 Å². The van der Waals surface area contributed by atoms with Gasteiger partial charge in [0, 0.05) is 24.3 Å². The lowest BCUT2D eigenvalue weighted by molar-refractivity contribution is -0.385. The summed E-state index contributed by atoms with van der Waals surface area (Å²) in [4.78, 5) is 12.9. The Balaban J connectivity index is 2.26. The second-order valence-electron chi connectivity index (χ2n) is 4.62. The third-order valence-corrected chi connectivity index (χ3v) is 4.43. The maximum absolute atomic E-state index is 10.8. The molecule has 0 unspecified atom stereocenters. The van der Waals surface area contributed by atoms with Gasteiger partial charge >= 0.3 is 0 Å². The van der Waals surface area contributed by atoms with Gasteiger partial charge in [0.1, 0.15) is 0 Å². The number of halogens is 1. The molecule has 4 nitrogen and oxygen atoms in total. The summed E-state index contributed by atoms with van der Waals surface area (Å²) in [6.07, 6.45) is 5.07. The van der Waals surface area contributed by atoms with Crippen LogP contribution >= 0.6 is 22.6 Å². The lowest BCUT2D eigenvalue weighted by Crippen LogP contribution is -2.32. The largest absolute Gasteiger partial charge is 0.369 e. The first kappa shape index (κ1) is 13.6. The van der Waals surface area contributed by atoms with Gasteiger partial charge in [-0.1, -0.05) is 12.8 Å². The van der Waals surface area contributed by atoms with Crippen LogP contribution in [0.4, 0.5) is 11.4 Å². The molecule has 1 fully saturated rings. The van der Waals surface area contributed by atoms with Crippen molar-refractivity contribution in [1.29, 1.82) is 0 Å². The lowest BCUT2D eigenvalue weighted by Gasteiger charge is -2.30. The standard InChI is InChI=1S/C13H17IN2O2/c1-2-15(10-5-3-4-6-10)11-7-8-13(16(17)18)12(14)9-11/h7-10H,2-6H2,1H3. The zero-order valence-corrected chi connectivity index (χ0v) is 12.6. The highest BCUT2D eigenvalue weighted by Crippen LogP contribution is 2.31. The molecule has 2 rings (SSSR count). The maximum atomic E-state index is 10.8. The molecule has 0 aromatic heterocycles. The van der Waals surface area contributed by atoms with Crippen molar-refractivity contribution in [3.8, 4) is 0 Å². The predicted octanol–water partition coefficient (Wildman–Crippen LogP) is 3.97. The lowest BCUT2D eigenvalue weighted by atomic mass is 10.1. The molecule has 1 saturated carbocycles. The number of hydrogen-bond acceptors (Lipinski definition) is 3. The van der Waals surface area contributed by atoms with E-state index >= 15 is 0 Å². The normalized spacial score (nSPS) is 15.9. The number of nitro benzene ring substituents is 1. The molecular formula is C13H17IN2O2. The molecule has 0 radical (unpaired) electrons. The molecule has 5 heteroatoms. The van der Waals surface area contributed by atoms with E-state index in [1.54, 1.807) is 6.07 Å². The SMILES string of the molecule is CCN(c1ccc([N+](=O)[O-])c(I)c1)C1CCCC1. The first-order valence-electron chi connectivity index (χ1n) is 6.34. The molecule has 98 valence electrons. The quantitative estimate of drug-likeness (QED) is 0.464. The van der Waals surface area contributed by atoms with Gasteiger partial charge in [-0.3, -0.25) is 10.1 Å². The van der Waals surface area contributed by atoms with Gasteiger partial charge in [0.05, 0.1) is 8.49 Å². The molecule has 1 aromatic carbocycles. The first-order valence-corrected chi connectivity index (χ1v) is 7.42.